The van der Waals surface area contributed by atoms with Gasteiger partial charge in [-0.1, -0.05) is 0 Å². The third-order valence-corrected chi connectivity index (χ3v) is 2.80. The standard InChI is InChI=1S/C12H24N4O3/c1-12(2,3)19-11(18)16-7-8(13)5-6-9(16)10(17)15-14-4/h8-9,14H,5-7,13H2,1-4H3,(H,15,17)/t8-,9+/m0/s1. The van der Waals surface area contributed by atoms with Crippen molar-refractivity contribution in [3.05, 3.63) is 0 Å². The van der Waals surface area contributed by atoms with E-state index in [4.69, 9.17) is 10.5 Å². The van der Waals surface area contributed by atoms with Crippen LogP contribution in [0, 0.1) is 0 Å². The molecule has 0 saturated carbocycles. The fourth-order valence-electron chi connectivity index (χ4n) is 2.00. The number of carbonyl (C=O) groups is 2. The van der Waals surface area contributed by atoms with E-state index in [1.54, 1.807) is 27.8 Å². The van der Waals surface area contributed by atoms with E-state index in [2.05, 4.69) is 10.9 Å². The van der Waals surface area contributed by atoms with Crippen LogP contribution in [0.1, 0.15) is 33.6 Å². The predicted octanol–water partition coefficient (Wildman–Crippen LogP) is -0.0362. The Morgan fingerprint density at radius 1 is 1.32 bits per heavy atom. The van der Waals surface area contributed by atoms with E-state index in [0.29, 0.717) is 19.4 Å². The zero-order chi connectivity index (χ0) is 14.6. The molecule has 0 bridgehead atoms. The van der Waals surface area contributed by atoms with E-state index in [-0.39, 0.29) is 11.9 Å². The molecule has 0 spiro atoms. The van der Waals surface area contributed by atoms with Crippen LogP contribution in [0.4, 0.5) is 4.79 Å². The molecule has 2 atom stereocenters. The highest BCUT2D eigenvalue weighted by atomic mass is 16.6. The number of ether oxygens (including phenoxy) is 1. The molecule has 1 rings (SSSR count). The molecule has 2 amide bonds. The Bertz CT molecular complexity index is 340. The van der Waals surface area contributed by atoms with Crippen molar-refractivity contribution in [2.24, 2.45) is 5.73 Å². The maximum atomic E-state index is 12.1. The van der Waals surface area contributed by atoms with E-state index in [1.165, 1.54) is 4.90 Å². The summed E-state index contributed by atoms with van der Waals surface area (Å²) in [5.41, 5.74) is 10.3. The van der Waals surface area contributed by atoms with E-state index >= 15 is 0 Å². The van der Waals surface area contributed by atoms with Crippen LogP contribution in [-0.2, 0) is 9.53 Å². The van der Waals surface area contributed by atoms with Gasteiger partial charge in [-0.2, -0.15) is 0 Å². The fourth-order valence-corrected chi connectivity index (χ4v) is 2.00. The molecule has 0 aliphatic carbocycles. The maximum Gasteiger partial charge on any atom is 0.411 e. The molecule has 1 aliphatic rings. The minimum atomic E-state index is -0.595. The van der Waals surface area contributed by atoms with E-state index in [9.17, 15) is 9.59 Å². The van der Waals surface area contributed by atoms with Gasteiger partial charge in [-0.3, -0.25) is 15.1 Å². The van der Waals surface area contributed by atoms with Crippen LogP contribution in [0.2, 0.25) is 0 Å². The van der Waals surface area contributed by atoms with Gasteiger partial charge in [0.05, 0.1) is 0 Å². The number of nitrogens with one attached hydrogen (secondary N) is 2. The number of nitrogens with two attached hydrogens (primary N) is 1. The molecule has 4 N–H and O–H groups in total. The van der Waals surface area contributed by atoms with Crippen LogP contribution in [0.15, 0.2) is 0 Å². The quantitative estimate of drug-likeness (QED) is 0.613. The molecule has 0 aromatic rings. The summed E-state index contributed by atoms with van der Waals surface area (Å²) in [5.74, 6) is -0.250. The highest BCUT2D eigenvalue weighted by Gasteiger charge is 2.37. The van der Waals surface area contributed by atoms with Crippen molar-refractivity contribution in [1.82, 2.24) is 15.8 Å². The number of nitrogens with zero attached hydrogens (tertiary/aromatic N) is 1. The Hall–Kier alpha value is -1.34. The summed E-state index contributed by atoms with van der Waals surface area (Å²) < 4.78 is 5.32. The molecule has 0 unspecified atom stereocenters. The normalized spacial score (nSPS) is 23.9. The fraction of sp³-hybridized carbons (Fsp3) is 0.833. The van der Waals surface area contributed by atoms with Gasteiger partial charge in [0, 0.05) is 19.6 Å². The molecular formula is C12H24N4O3. The van der Waals surface area contributed by atoms with Crippen LogP contribution >= 0.6 is 0 Å². The molecule has 1 fully saturated rings. The van der Waals surface area contributed by atoms with Crippen molar-refractivity contribution in [3.63, 3.8) is 0 Å². The monoisotopic (exact) mass is 272 g/mol. The molecule has 0 aromatic heterocycles. The van der Waals surface area contributed by atoms with Crippen molar-refractivity contribution in [1.29, 1.82) is 0 Å². The second kappa shape index (κ2) is 6.21. The van der Waals surface area contributed by atoms with Gasteiger partial charge in [0.1, 0.15) is 11.6 Å². The average molecular weight is 272 g/mol. The number of hydrogen-bond donors (Lipinski definition) is 3. The predicted molar refractivity (Wildman–Crippen MR) is 71.1 cm³/mol. The van der Waals surface area contributed by atoms with Crippen molar-refractivity contribution in [2.75, 3.05) is 13.6 Å². The molecule has 19 heavy (non-hydrogen) atoms. The number of amides is 2. The molecule has 0 aromatic carbocycles. The summed E-state index contributed by atoms with van der Waals surface area (Å²) in [6, 6.07) is -0.659. The lowest BCUT2D eigenvalue weighted by atomic mass is 9.99. The summed E-state index contributed by atoms with van der Waals surface area (Å²) >= 11 is 0. The summed E-state index contributed by atoms with van der Waals surface area (Å²) in [7, 11) is 1.60. The van der Waals surface area contributed by atoms with Crippen LogP contribution < -0.4 is 16.6 Å². The zero-order valence-electron chi connectivity index (χ0n) is 12.0. The van der Waals surface area contributed by atoms with Gasteiger partial charge in [0.25, 0.3) is 5.91 Å². The highest BCUT2D eigenvalue weighted by molar-refractivity contribution is 5.85. The summed E-state index contributed by atoms with van der Waals surface area (Å²) in [5, 5.41) is 0. The largest absolute Gasteiger partial charge is 0.444 e. The minimum absolute atomic E-state index is 0.119. The first-order chi connectivity index (χ1) is 8.74. The molecule has 1 aliphatic heterocycles. The summed E-state index contributed by atoms with van der Waals surface area (Å²) in [4.78, 5) is 25.5. The molecule has 110 valence electrons. The van der Waals surface area contributed by atoms with E-state index in [0.717, 1.165) is 0 Å². The van der Waals surface area contributed by atoms with Crippen LogP contribution in [0.5, 0.6) is 0 Å². The van der Waals surface area contributed by atoms with Gasteiger partial charge >= 0.3 is 6.09 Å². The first-order valence-corrected chi connectivity index (χ1v) is 6.46. The van der Waals surface area contributed by atoms with Crippen molar-refractivity contribution in [3.8, 4) is 0 Å². The lowest BCUT2D eigenvalue weighted by molar-refractivity contribution is -0.128. The Morgan fingerprint density at radius 2 is 1.95 bits per heavy atom. The summed E-state index contributed by atoms with van der Waals surface area (Å²) in [6.45, 7) is 5.70. The van der Waals surface area contributed by atoms with Gasteiger partial charge in [-0.05, 0) is 33.6 Å². The van der Waals surface area contributed by atoms with Crippen molar-refractivity contribution < 1.29 is 14.3 Å². The van der Waals surface area contributed by atoms with Crippen LogP contribution in [0.25, 0.3) is 0 Å². The van der Waals surface area contributed by atoms with E-state index < -0.39 is 17.7 Å². The Balaban J connectivity index is 2.78. The number of carbonyl (C=O) groups excluding carboxylic acids is 2. The van der Waals surface area contributed by atoms with Gasteiger partial charge in [-0.25, -0.2) is 10.2 Å². The lowest BCUT2D eigenvalue weighted by Gasteiger charge is -2.38. The first-order valence-electron chi connectivity index (χ1n) is 6.46. The smallest absolute Gasteiger partial charge is 0.411 e. The number of hydrazine groups is 1. The van der Waals surface area contributed by atoms with Crippen LogP contribution in [-0.4, -0.2) is 48.2 Å². The Labute approximate surface area is 113 Å². The second-order valence-electron chi connectivity index (χ2n) is 5.73. The van der Waals surface area contributed by atoms with Gasteiger partial charge in [0.2, 0.25) is 0 Å². The highest BCUT2D eigenvalue weighted by Crippen LogP contribution is 2.20. The minimum Gasteiger partial charge on any atom is -0.444 e. The van der Waals surface area contributed by atoms with Crippen molar-refractivity contribution in [2.45, 2.75) is 51.3 Å². The molecule has 7 heteroatoms. The maximum absolute atomic E-state index is 12.1. The summed E-state index contributed by atoms with van der Waals surface area (Å²) in [6.07, 6.45) is 0.744. The number of rotatable bonds is 2. The number of likely N-dealkylation sites (tertiary alicyclic amines) is 1. The van der Waals surface area contributed by atoms with Gasteiger partial charge in [0.15, 0.2) is 0 Å². The first kappa shape index (κ1) is 15.7. The lowest BCUT2D eigenvalue weighted by Crippen LogP contribution is -2.58. The average Bonchev–Trinajstić information content (AvgIpc) is 2.26. The Morgan fingerprint density at radius 3 is 2.47 bits per heavy atom. The van der Waals surface area contributed by atoms with Gasteiger partial charge in [-0.15, -0.1) is 0 Å². The third-order valence-electron chi connectivity index (χ3n) is 2.80. The number of piperidine rings is 1. The van der Waals surface area contributed by atoms with Crippen molar-refractivity contribution >= 4 is 12.0 Å². The third kappa shape index (κ3) is 4.68. The van der Waals surface area contributed by atoms with Crippen LogP contribution in [0.3, 0.4) is 0 Å². The zero-order valence-corrected chi connectivity index (χ0v) is 12.0. The molecule has 7 nitrogen and oxygen atoms in total. The second-order valence-corrected chi connectivity index (χ2v) is 5.73. The topological polar surface area (TPSA) is 96.7 Å². The van der Waals surface area contributed by atoms with Gasteiger partial charge < -0.3 is 10.5 Å². The molecule has 1 heterocycles. The molecule has 0 radical (unpaired) electrons. The van der Waals surface area contributed by atoms with E-state index in [1.807, 2.05) is 0 Å². The number of hydrogen-bond acceptors (Lipinski definition) is 5. The Kier molecular flexibility index (Phi) is 5.13. The molecular weight excluding hydrogens is 248 g/mol. The molecule has 1 saturated heterocycles. The SMILES string of the molecule is CNNC(=O)[C@H]1CC[C@H](N)CN1C(=O)OC(C)(C)C.